The number of amidine groups is 1. The predicted molar refractivity (Wildman–Crippen MR) is 111 cm³/mol. The van der Waals surface area contributed by atoms with Gasteiger partial charge in [0.2, 0.25) is 0 Å². The van der Waals surface area contributed by atoms with E-state index in [1.165, 1.54) is 23.9 Å². The molecular formula is C18H14Cl2N2O3S2. The van der Waals surface area contributed by atoms with Crippen LogP contribution in [0.1, 0.15) is 10.4 Å². The number of hydrogen-bond acceptors (Lipinski definition) is 4. The van der Waals surface area contributed by atoms with Gasteiger partial charge in [-0.1, -0.05) is 53.2 Å². The number of amides is 1. The highest BCUT2D eigenvalue weighted by Crippen LogP contribution is 2.41. The number of para-hydroxylation sites is 1. The summed E-state index contributed by atoms with van der Waals surface area (Å²) in [6.45, 7) is 0. The van der Waals surface area contributed by atoms with E-state index in [-0.39, 0.29) is 33.4 Å². The summed E-state index contributed by atoms with van der Waals surface area (Å²) in [7, 11) is -3.10. The van der Waals surface area contributed by atoms with Gasteiger partial charge in [0.15, 0.2) is 15.0 Å². The molecule has 2 aromatic rings. The normalized spacial score (nSPS) is 25.0. The number of halogens is 2. The summed E-state index contributed by atoms with van der Waals surface area (Å²) in [5.41, 5.74) is 1.07. The molecule has 27 heavy (non-hydrogen) atoms. The zero-order valence-corrected chi connectivity index (χ0v) is 17.0. The van der Waals surface area contributed by atoms with Crippen molar-refractivity contribution in [2.24, 2.45) is 4.99 Å². The van der Waals surface area contributed by atoms with Gasteiger partial charge in [0.05, 0.1) is 28.1 Å². The number of benzene rings is 2. The number of carbonyl (C=O) groups excluding carboxylic acids is 1. The third-order valence-electron chi connectivity index (χ3n) is 4.46. The van der Waals surface area contributed by atoms with Crippen LogP contribution in [-0.2, 0) is 9.84 Å². The molecule has 0 spiro atoms. The van der Waals surface area contributed by atoms with E-state index < -0.39 is 15.7 Å². The first-order valence-corrected chi connectivity index (χ1v) is 11.6. The number of rotatable bonds is 2. The number of thioether (sulfide) groups is 1. The molecule has 0 N–H and O–H groups in total. The molecule has 2 atom stereocenters. The lowest BCUT2D eigenvalue weighted by Crippen LogP contribution is -2.37. The van der Waals surface area contributed by atoms with Crippen LogP contribution in [0.4, 0.5) is 5.69 Å². The molecule has 5 nitrogen and oxygen atoms in total. The van der Waals surface area contributed by atoms with Gasteiger partial charge >= 0.3 is 0 Å². The second-order valence-corrected chi connectivity index (χ2v) is 10.5. The van der Waals surface area contributed by atoms with Crippen molar-refractivity contribution in [3.63, 3.8) is 0 Å². The molecule has 0 unspecified atom stereocenters. The van der Waals surface area contributed by atoms with Crippen LogP contribution in [0.25, 0.3) is 0 Å². The number of anilines is 1. The van der Waals surface area contributed by atoms with Gasteiger partial charge < -0.3 is 4.90 Å². The fourth-order valence-electron chi connectivity index (χ4n) is 3.27. The second kappa shape index (κ2) is 7.13. The van der Waals surface area contributed by atoms with Crippen molar-refractivity contribution in [1.29, 1.82) is 0 Å². The lowest BCUT2D eigenvalue weighted by molar-refractivity contribution is 0.100. The number of carbonyl (C=O) groups is 1. The molecule has 2 aliphatic rings. The molecule has 0 bridgehead atoms. The molecule has 1 amide bonds. The van der Waals surface area contributed by atoms with E-state index in [1.807, 2.05) is 35.2 Å². The van der Waals surface area contributed by atoms with Crippen LogP contribution in [0, 0.1) is 0 Å². The summed E-state index contributed by atoms with van der Waals surface area (Å²) in [6.07, 6.45) is 0. The van der Waals surface area contributed by atoms with E-state index in [9.17, 15) is 13.2 Å². The largest absolute Gasteiger partial charge is 0.316 e. The number of aliphatic imine (C=N–C) groups is 1. The number of fused-ring (bicyclic) bond motifs is 1. The van der Waals surface area contributed by atoms with Gasteiger partial charge in [0.25, 0.3) is 5.91 Å². The van der Waals surface area contributed by atoms with Crippen LogP contribution in [0.15, 0.2) is 53.5 Å². The Kier molecular flexibility index (Phi) is 4.96. The zero-order chi connectivity index (χ0) is 19.2. The topological polar surface area (TPSA) is 66.8 Å². The van der Waals surface area contributed by atoms with Crippen LogP contribution in [0.2, 0.25) is 10.0 Å². The van der Waals surface area contributed by atoms with E-state index in [0.29, 0.717) is 10.2 Å². The van der Waals surface area contributed by atoms with E-state index >= 15 is 0 Å². The molecule has 2 aliphatic heterocycles. The first-order chi connectivity index (χ1) is 12.8. The van der Waals surface area contributed by atoms with Crippen LogP contribution in [0.5, 0.6) is 0 Å². The molecule has 2 heterocycles. The van der Waals surface area contributed by atoms with Crippen molar-refractivity contribution in [3.05, 3.63) is 64.1 Å². The molecule has 2 fully saturated rings. The van der Waals surface area contributed by atoms with Crippen molar-refractivity contribution in [2.75, 3.05) is 16.4 Å². The predicted octanol–water partition coefficient (Wildman–Crippen LogP) is 3.91. The van der Waals surface area contributed by atoms with Gasteiger partial charge in [-0.15, -0.1) is 0 Å². The average Bonchev–Trinajstić information content (AvgIpc) is 3.06. The van der Waals surface area contributed by atoms with Gasteiger partial charge in [-0.25, -0.2) is 8.42 Å². The van der Waals surface area contributed by atoms with Crippen LogP contribution >= 0.6 is 35.0 Å². The van der Waals surface area contributed by atoms with E-state index in [1.54, 1.807) is 6.07 Å². The summed E-state index contributed by atoms with van der Waals surface area (Å²) in [5.74, 6) is -0.349. The Morgan fingerprint density at radius 1 is 1.11 bits per heavy atom. The van der Waals surface area contributed by atoms with Crippen LogP contribution in [-0.4, -0.2) is 42.3 Å². The van der Waals surface area contributed by atoms with E-state index in [4.69, 9.17) is 23.2 Å². The van der Waals surface area contributed by atoms with Crippen molar-refractivity contribution < 1.29 is 13.2 Å². The molecule has 9 heteroatoms. The molecule has 140 valence electrons. The Bertz CT molecular complexity index is 1040. The molecule has 4 rings (SSSR count). The Morgan fingerprint density at radius 3 is 2.56 bits per heavy atom. The fraction of sp³-hybridized carbons (Fsp3) is 0.222. The van der Waals surface area contributed by atoms with Gasteiger partial charge in [-0.3, -0.25) is 4.79 Å². The molecule has 2 aromatic carbocycles. The standard InChI is InChI=1S/C18H14Cl2N2O3S2/c19-11-6-7-13(14(20)8-11)17(23)21-18-22(12-4-2-1-3-5-12)15-9-27(24,25)10-16(15)26-18/h1-8,15-16H,9-10H2/t15-,16-/m1/s1. The highest BCUT2D eigenvalue weighted by Gasteiger charge is 2.49. The maximum Gasteiger partial charge on any atom is 0.280 e. The van der Waals surface area contributed by atoms with Crippen molar-refractivity contribution in [1.82, 2.24) is 0 Å². The van der Waals surface area contributed by atoms with Crippen molar-refractivity contribution in [3.8, 4) is 0 Å². The van der Waals surface area contributed by atoms with Gasteiger partial charge in [0.1, 0.15) is 0 Å². The third kappa shape index (κ3) is 3.74. The minimum absolute atomic E-state index is 0.0501. The zero-order valence-electron chi connectivity index (χ0n) is 13.9. The van der Waals surface area contributed by atoms with Crippen LogP contribution in [0.3, 0.4) is 0 Å². The third-order valence-corrected chi connectivity index (χ3v) is 8.22. The second-order valence-electron chi connectivity index (χ2n) is 6.33. The maximum absolute atomic E-state index is 12.7. The molecule has 0 aliphatic carbocycles. The molecule has 0 saturated carbocycles. The summed E-state index contributed by atoms with van der Waals surface area (Å²) < 4.78 is 24.1. The van der Waals surface area contributed by atoms with Gasteiger partial charge in [-0.2, -0.15) is 4.99 Å². The lowest BCUT2D eigenvalue weighted by atomic mass is 10.2. The van der Waals surface area contributed by atoms with Gasteiger partial charge in [0, 0.05) is 16.0 Å². The number of sulfone groups is 1. The number of nitrogens with zero attached hydrogens (tertiary/aromatic N) is 2. The van der Waals surface area contributed by atoms with E-state index in [2.05, 4.69) is 4.99 Å². The van der Waals surface area contributed by atoms with Gasteiger partial charge in [-0.05, 0) is 30.3 Å². The minimum Gasteiger partial charge on any atom is -0.316 e. The monoisotopic (exact) mass is 440 g/mol. The average molecular weight is 441 g/mol. The lowest BCUT2D eigenvalue weighted by Gasteiger charge is -2.24. The molecular weight excluding hydrogens is 427 g/mol. The quantitative estimate of drug-likeness (QED) is 0.707. The Hall–Kier alpha value is -1.54. The van der Waals surface area contributed by atoms with Crippen molar-refractivity contribution >= 4 is 61.6 Å². The fourth-order valence-corrected chi connectivity index (χ4v) is 7.67. The summed E-state index contributed by atoms with van der Waals surface area (Å²) in [4.78, 5) is 18.8. The van der Waals surface area contributed by atoms with E-state index in [0.717, 1.165) is 5.69 Å². The molecule has 0 radical (unpaired) electrons. The smallest absolute Gasteiger partial charge is 0.280 e. The van der Waals surface area contributed by atoms with Crippen molar-refractivity contribution in [2.45, 2.75) is 11.3 Å². The molecule has 2 saturated heterocycles. The summed E-state index contributed by atoms with van der Waals surface area (Å²) >= 11 is 13.3. The first kappa shape index (κ1) is 18.8. The Balaban J connectivity index is 1.72. The highest BCUT2D eigenvalue weighted by atomic mass is 35.5. The SMILES string of the molecule is O=C(N=C1S[C@@H]2CS(=O)(=O)C[C@H]2N1c1ccccc1)c1ccc(Cl)cc1Cl. The highest BCUT2D eigenvalue weighted by molar-refractivity contribution is 8.16. The minimum atomic E-state index is -3.10. The number of hydrogen-bond donors (Lipinski definition) is 0. The Morgan fingerprint density at radius 2 is 1.85 bits per heavy atom. The Labute approximate surface area is 171 Å². The maximum atomic E-state index is 12.7. The first-order valence-electron chi connectivity index (χ1n) is 8.13. The molecule has 0 aromatic heterocycles. The summed E-state index contributed by atoms with van der Waals surface area (Å²) in [5, 5.41) is 1.00. The summed E-state index contributed by atoms with van der Waals surface area (Å²) in [6, 6.07) is 13.7. The van der Waals surface area contributed by atoms with Crippen LogP contribution < -0.4 is 4.90 Å².